The van der Waals surface area contributed by atoms with Crippen LogP contribution < -0.4 is 5.32 Å². The lowest BCUT2D eigenvalue weighted by atomic mass is 9.43. The molecule has 0 saturated heterocycles. The first-order valence-corrected chi connectivity index (χ1v) is 17.0. The first-order chi connectivity index (χ1) is 19.1. The molecule has 0 aromatic rings. The van der Waals surface area contributed by atoms with Gasteiger partial charge in [-0.1, -0.05) is 27.7 Å². The fourth-order valence-electron chi connectivity index (χ4n) is 8.75. The molecule has 3 fully saturated rings. The molecule has 11 heteroatoms. The zero-order valence-corrected chi connectivity index (χ0v) is 25.8. The SMILES string of the molecule is C[C@@H](CCC(=O)NCCS(=O)(=O)O)C[C@@]1(C)CC[C@H]2[C@@H]([C@@H](O)CC3C[C@H](OC[C@H]4OC=C(O)[C@@H]4O)CC[C@@]32C)[C@@H]1C. The van der Waals surface area contributed by atoms with Gasteiger partial charge >= 0.3 is 0 Å². The predicted molar refractivity (Wildman–Crippen MR) is 153 cm³/mol. The molecule has 0 radical (unpaired) electrons. The first kappa shape index (κ1) is 32.5. The van der Waals surface area contributed by atoms with Gasteiger partial charge in [0.05, 0.1) is 24.6 Å². The average Bonchev–Trinajstić information content (AvgIpc) is 3.20. The molecule has 1 unspecified atom stereocenters. The number of amides is 1. The van der Waals surface area contributed by atoms with Crippen molar-refractivity contribution in [2.24, 2.45) is 40.4 Å². The predicted octanol–water partition coefficient (Wildman–Crippen LogP) is 3.58. The van der Waals surface area contributed by atoms with Crippen LogP contribution in [0.4, 0.5) is 0 Å². The zero-order valence-electron chi connectivity index (χ0n) is 25.0. The molecule has 0 aromatic carbocycles. The summed E-state index contributed by atoms with van der Waals surface area (Å²) < 4.78 is 42.0. The van der Waals surface area contributed by atoms with Crippen LogP contribution >= 0.6 is 0 Å². The summed E-state index contributed by atoms with van der Waals surface area (Å²) in [5.74, 6) is 0.856. The van der Waals surface area contributed by atoms with Gasteiger partial charge in [-0.2, -0.15) is 8.42 Å². The van der Waals surface area contributed by atoms with Crippen LogP contribution in [0.1, 0.15) is 85.5 Å². The third-order valence-electron chi connectivity index (χ3n) is 11.3. The molecule has 1 heterocycles. The van der Waals surface area contributed by atoms with E-state index in [0.29, 0.717) is 36.5 Å². The van der Waals surface area contributed by atoms with Crippen molar-refractivity contribution in [3.63, 3.8) is 0 Å². The molecule has 1 amide bonds. The first-order valence-electron chi connectivity index (χ1n) is 15.4. The molecule has 41 heavy (non-hydrogen) atoms. The van der Waals surface area contributed by atoms with Crippen molar-refractivity contribution < 1.29 is 42.6 Å². The highest BCUT2D eigenvalue weighted by molar-refractivity contribution is 7.85. The van der Waals surface area contributed by atoms with Gasteiger partial charge in [0.1, 0.15) is 6.26 Å². The molecule has 3 aliphatic carbocycles. The lowest BCUT2D eigenvalue weighted by Crippen LogP contribution is -2.58. The van der Waals surface area contributed by atoms with Crippen LogP contribution in [0.2, 0.25) is 0 Å². The lowest BCUT2D eigenvalue weighted by Gasteiger charge is -2.62. The van der Waals surface area contributed by atoms with Crippen LogP contribution in [0, 0.1) is 40.4 Å². The molecular weight excluding hydrogens is 550 g/mol. The average molecular weight is 602 g/mol. The van der Waals surface area contributed by atoms with Crippen LogP contribution in [-0.2, 0) is 24.4 Å². The monoisotopic (exact) mass is 601 g/mol. The minimum atomic E-state index is -4.09. The highest BCUT2D eigenvalue weighted by Crippen LogP contribution is 2.64. The van der Waals surface area contributed by atoms with Crippen molar-refractivity contribution >= 4 is 16.0 Å². The van der Waals surface area contributed by atoms with E-state index in [2.05, 4.69) is 33.0 Å². The molecule has 4 rings (SSSR count). The van der Waals surface area contributed by atoms with Gasteiger partial charge in [0.15, 0.2) is 18.0 Å². The maximum atomic E-state index is 12.2. The minimum Gasteiger partial charge on any atom is -0.506 e. The zero-order chi connectivity index (χ0) is 30.2. The van der Waals surface area contributed by atoms with Crippen molar-refractivity contribution in [2.75, 3.05) is 18.9 Å². The molecular formula is C30H51NO9S. The van der Waals surface area contributed by atoms with Gasteiger partial charge < -0.3 is 30.1 Å². The number of carbonyl (C=O) groups is 1. The number of hydrogen-bond donors (Lipinski definition) is 5. The second kappa shape index (κ2) is 12.7. The van der Waals surface area contributed by atoms with E-state index in [1.54, 1.807) is 0 Å². The molecule has 0 aromatic heterocycles. The molecule has 0 spiro atoms. The van der Waals surface area contributed by atoms with Crippen molar-refractivity contribution in [2.45, 2.75) is 110 Å². The Morgan fingerprint density at radius 2 is 1.95 bits per heavy atom. The van der Waals surface area contributed by atoms with E-state index < -0.39 is 28.1 Å². The molecule has 11 atom stereocenters. The number of aliphatic hydroxyl groups excluding tert-OH is 3. The van der Waals surface area contributed by atoms with Crippen LogP contribution in [0.25, 0.3) is 0 Å². The Hall–Kier alpha value is -1.40. The topological polar surface area (TPSA) is 163 Å². The summed E-state index contributed by atoms with van der Waals surface area (Å²) in [5, 5.41) is 33.7. The number of rotatable bonds is 11. The van der Waals surface area contributed by atoms with Crippen molar-refractivity contribution in [3.05, 3.63) is 12.0 Å². The second-order valence-corrected chi connectivity index (χ2v) is 15.6. The summed E-state index contributed by atoms with van der Waals surface area (Å²) in [6, 6.07) is 0. The number of carbonyl (C=O) groups excluding carboxylic acids is 1. The van der Waals surface area contributed by atoms with E-state index in [-0.39, 0.29) is 53.8 Å². The highest BCUT2D eigenvalue weighted by Gasteiger charge is 2.59. The minimum absolute atomic E-state index is 0.0488. The van der Waals surface area contributed by atoms with Gasteiger partial charge in [-0.3, -0.25) is 9.35 Å². The third kappa shape index (κ3) is 7.40. The molecule has 3 saturated carbocycles. The van der Waals surface area contributed by atoms with E-state index >= 15 is 0 Å². The van der Waals surface area contributed by atoms with Gasteiger partial charge in [0.2, 0.25) is 5.91 Å². The molecule has 4 aliphatic rings. The third-order valence-corrected chi connectivity index (χ3v) is 12.1. The summed E-state index contributed by atoms with van der Waals surface area (Å²) in [6.45, 7) is 9.37. The summed E-state index contributed by atoms with van der Waals surface area (Å²) in [7, 11) is -4.09. The van der Waals surface area contributed by atoms with Crippen LogP contribution in [0.5, 0.6) is 0 Å². The Kier molecular flexibility index (Phi) is 10.1. The maximum absolute atomic E-state index is 12.2. The summed E-state index contributed by atoms with van der Waals surface area (Å²) in [4.78, 5) is 12.2. The highest BCUT2D eigenvalue weighted by atomic mass is 32.2. The van der Waals surface area contributed by atoms with Crippen LogP contribution in [-0.4, -0.2) is 77.5 Å². The molecule has 1 aliphatic heterocycles. The van der Waals surface area contributed by atoms with E-state index in [1.807, 2.05) is 0 Å². The number of aliphatic hydroxyl groups is 3. The van der Waals surface area contributed by atoms with Crippen molar-refractivity contribution in [3.8, 4) is 0 Å². The Balaban J connectivity index is 1.29. The van der Waals surface area contributed by atoms with Crippen LogP contribution in [0.15, 0.2) is 12.0 Å². The maximum Gasteiger partial charge on any atom is 0.266 e. The van der Waals surface area contributed by atoms with Gasteiger partial charge in [-0.15, -0.1) is 0 Å². The van der Waals surface area contributed by atoms with Crippen molar-refractivity contribution in [1.82, 2.24) is 5.32 Å². The summed E-state index contributed by atoms with van der Waals surface area (Å²) in [6.07, 6.45) is 7.03. The fourth-order valence-corrected chi connectivity index (χ4v) is 9.11. The van der Waals surface area contributed by atoms with Crippen molar-refractivity contribution in [1.29, 1.82) is 0 Å². The van der Waals surface area contributed by atoms with E-state index in [4.69, 9.17) is 14.0 Å². The quantitative estimate of drug-likeness (QED) is 0.223. The fraction of sp³-hybridized carbons (Fsp3) is 0.900. The van der Waals surface area contributed by atoms with E-state index in [0.717, 1.165) is 44.9 Å². The summed E-state index contributed by atoms with van der Waals surface area (Å²) >= 11 is 0. The van der Waals surface area contributed by atoms with Crippen LogP contribution in [0.3, 0.4) is 0 Å². The largest absolute Gasteiger partial charge is 0.506 e. The van der Waals surface area contributed by atoms with E-state index in [9.17, 15) is 28.5 Å². The molecule has 0 bridgehead atoms. The molecule has 5 N–H and O–H groups in total. The number of ether oxygens (including phenoxy) is 2. The summed E-state index contributed by atoms with van der Waals surface area (Å²) in [5.41, 5.74) is 0.211. The van der Waals surface area contributed by atoms with Gasteiger partial charge in [-0.05, 0) is 91.8 Å². The number of nitrogens with one attached hydrogen (secondary N) is 1. The molecule has 236 valence electrons. The number of hydrogen-bond acceptors (Lipinski definition) is 8. The Morgan fingerprint density at radius 1 is 1.22 bits per heavy atom. The Bertz CT molecular complexity index is 1070. The number of fused-ring (bicyclic) bond motifs is 3. The van der Waals surface area contributed by atoms with Gasteiger partial charge in [0, 0.05) is 13.0 Å². The normalized spacial score (nSPS) is 41.5. The van der Waals surface area contributed by atoms with Gasteiger partial charge in [0.25, 0.3) is 10.1 Å². The van der Waals surface area contributed by atoms with E-state index in [1.165, 1.54) is 6.26 Å². The standard InChI is InChI=1S/C30H51NO9S/c1-18(5-6-26(34)31-11-12-41(36,37)38)15-29(3)9-8-22-27(19(29)2)23(32)14-20-13-21(7-10-30(20,22)4)39-17-25-28(35)24(33)16-40-25/h16,18-23,25,27-28,32-33,35H,5-15,17H2,1-4H3,(H,31,34)(H,36,37,38)/t18-,19-,20?,21+,22-,23-,25+,27-,28-,29+,30-/m0/s1. The molecule has 10 nitrogen and oxygen atoms in total. The Labute approximate surface area is 245 Å². The smallest absolute Gasteiger partial charge is 0.266 e. The lowest BCUT2D eigenvalue weighted by molar-refractivity contribution is -0.180. The van der Waals surface area contributed by atoms with Gasteiger partial charge in [-0.25, -0.2) is 0 Å². The second-order valence-electron chi connectivity index (χ2n) is 14.0. The Morgan fingerprint density at radius 3 is 2.61 bits per heavy atom.